The van der Waals surface area contributed by atoms with E-state index in [1.807, 2.05) is 53.2 Å². The maximum atomic E-state index is 11.0. The van der Waals surface area contributed by atoms with Gasteiger partial charge in [0.1, 0.15) is 12.4 Å². The molecular weight excluding hydrogens is 322 g/mol. The monoisotopic (exact) mass is 341 g/mol. The van der Waals surface area contributed by atoms with E-state index in [-0.39, 0.29) is 13.2 Å². The fourth-order valence-electron chi connectivity index (χ4n) is 2.60. The number of aromatic nitrogens is 2. The maximum absolute atomic E-state index is 11.0. The van der Waals surface area contributed by atoms with Gasteiger partial charge in [-0.05, 0) is 23.8 Å². The molecule has 130 valence electrons. The Morgan fingerprint density at radius 2 is 1.96 bits per heavy atom. The number of methoxy groups -OCH3 is 1. The number of hydroxylamine groups is 1. The molecular formula is C18H19N3O4. The Kier molecular flexibility index (Phi) is 5.27. The molecule has 0 aliphatic rings. The molecule has 3 rings (SSSR count). The summed E-state index contributed by atoms with van der Waals surface area (Å²) < 4.78 is 12.4. The van der Waals surface area contributed by atoms with E-state index < -0.39 is 5.91 Å². The molecule has 0 atom stereocenters. The van der Waals surface area contributed by atoms with Gasteiger partial charge in [-0.25, -0.2) is 5.48 Å². The minimum atomic E-state index is -0.595. The fraction of sp³-hybridized carbons (Fsp3) is 0.222. The summed E-state index contributed by atoms with van der Waals surface area (Å²) in [4.78, 5) is 11.0. The first-order chi connectivity index (χ1) is 12.2. The number of hydrogen-bond donors (Lipinski definition) is 2. The number of carbonyl (C=O) groups excluding carboxylic acids is 1. The van der Waals surface area contributed by atoms with Crippen molar-refractivity contribution in [2.45, 2.75) is 13.2 Å². The van der Waals surface area contributed by atoms with Gasteiger partial charge in [0.15, 0.2) is 0 Å². The predicted molar refractivity (Wildman–Crippen MR) is 91.4 cm³/mol. The van der Waals surface area contributed by atoms with Crippen molar-refractivity contribution in [2.24, 2.45) is 0 Å². The summed E-state index contributed by atoms with van der Waals surface area (Å²) in [5.41, 5.74) is 4.37. The van der Waals surface area contributed by atoms with Crippen LogP contribution in [0.5, 0.6) is 5.75 Å². The third-order valence-corrected chi connectivity index (χ3v) is 3.82. The number of fused-ring (bicyclic) bond motifs is 1. The summed E-state index contributed by atoms with van der Waals surface area (Å²) in [7, 11) is 1.64. The lowest BCUT2D eigenvalue weighted by Gasteiger charge is -2.05. The number of benzene rings is 2. The second-order valence-corrected chi connectivity index (χ2v) is 5.50. The molecule has 0 aliphatic heterocycles. The van der Waals surface area contributed by atoms with Gasteiger partial charge in [-0.3, -0.25) is 14.7 Å². The van der Waals surface area contributed by atoms with Crippen molar-refractivity contribution in [3.63, 3.8) is 0 Å². The highest BCUT2D eigenvalue weighted by atomic mass is 16.5. The first-order valence-corrected chi connectivity index (χ1v) is 7.79. The standard InChI is InChI=1S/C18H19N3O4/c1-24-14-8-6-13(7-9-14)10-21-17-5-3-2-4-15(17)16(19-21)11-25-12-18(22)20-23/h2-9,23H,10-12H2,1H3,(H,20,22). The number of carbonyl (C=O) groups is 1. The van der Waals surface area contributed by atoms with Crippen molar-refractivity contribution in [2.75, 3.05) is 13.7 Å². The van der Waals surface area contributed by atoms with E-state index in [1.165, 1.54) is 5.48 Å². The SMILES string of the molecule is COc1ccc(Cn2nc(COCC(=O)NO)c3ccccc32)cc1. The van der Waals surface area contributed by atoms with E-state index in [0.717, 1.165) is 27.9 Å². The zero-order valence-corrected chi connectivity index (χ0v) is 13.8. The molecule has 1 amide bonds. The van der Waals surface area contributed by atoms with Gasteiger partial charge >= 0.3 is 0 Å². The Balaban J connectivity index is 1.81. The van der Waals surface area contributed by atoms with Crippen molar-refractivity contribution in [1.29, 1.82) is 0 Å². The Labute approximate surface area is 144 Å². The lowest BCUT2D eigenvalue weighted by Crippen LogP contribution is -2.23. The van der Waals surface area contributed by atoms with Crippen LogP contribution in [0, 0.1) is 0 Å². The van der Waals surface area contributed by atoms with Gasteiger partial charge in [0.25, 0.3) is 5.91 Å². The number of nitrogens with zero attached hydrogens (tertiary/aromatic N) is 2. The third-order valence-electron chi connectivity index (χ3n) is 3.82. The van der Waals surface area contributed by atoms with Crippen molar-refractivity contribution in [1.82, 2.24) is 15.3 Å². The molecule has 25 heavy (non-hydrogen) atoms. The summed E-state index contributed by atoms with van der Waals surface area (Å²) in [6, 6.07) is 15.7. The molecule has 1 aromatic heterocycles. The van der Waals surface area contributed by atoms with Crippen LogP contribution in [0.15, 0.2) is 48.5 Å². The minimum Gasteiger partial charge on any atom is -0.497 e. The largest absolute Gasteiger partial charge is 0.497 e. The first-order valence-electron chi connectivity index (χ1n) is 7.79. The van der Waals surface area contributed by atoms with Crippen LogP contribution in [-0.4, -0.2) is 34.6 Å². The highest BCUT2D eigenvalue weighted by Gasteiger charge is 2.11. The van der Waals surface area contributed by atoms with Gasteiger partial charge in [-0.2, -0.15) is 5.10 Å². The van der Waals surface area contributed by atoms with Crippen LogP contribution < -0.4 is 10.2 Å². The molecule has 7 nitrogen and oxygen atoms in total. The van der Waals surface area contributed by atoms with Crippen molar-refractivity contribution in [3.8, 4) is 5.75 Å². The molecule has 0 spiro atoms. The second-order valence-electron chi connectivity index (χ2n) is 5.50. The minimum absolute atomic E-state index is 0.184. The van der Waals surface area contributed by atoms with Gasteiger partial charge in [-0.1, -0.05) is 30.3 Å². The molecule has 0 saturated carbocycles. The van der Waals surface area contributed by atoms with Crippen molar-refractivity contribution >= 4 is 16.8 Å². The van der Waals surface area contributed by atoms with Crippen molar-refractivity contribution in [3.05, 3.63) is 59.8 Å². The summed E-state index contributed by atoms with van der Waals surface area (Å²) in [5.74, 6) is 0.215. The number of ether oxygens (including phenoxy) is 2. The lowest BCUT2D eigenvalue weighted by atomic mass is 10.2. The second kappa shape index (κ2) is 7.78. The highest BCUT2D eigenvalue weighted by Crippen LogP contribution is 2.21. The van der Waals surface area contributed by atoms with Gasteiger partial charge in [0, 0.05) is 5.39 Å². The van der Waals surface area contributed by atoms with E-state index >= 15 is 0 Å². The maximum Gasteiger partial charge on any atom is 0.269 e. The molecule has 0 bridgehead atoms. The Morgan fingerprint density at radius 3 is 2.68 bits per heavy atom. The first kappa shape index (κ1) is 16.9. The van der Waals surface area contributed by atoms with Crippen LogP contribution in [-0.2, 0) is 22.7 Å². The number of amides is 1. The zero-order chi connectivity index (χ0) is 17.6. The molecule has 3 aromatic rings. The van der Waals surface area contributed by atoms with Crippen LogP contribution in [0.2, 0.25) is 0 Å². The normalized spacial score (nSPS) is 10.8. The summed E-state index contributed by atoms with van der Waals surface area (Å²) in [5, 5.41) is 14.1. The number of nitrogens with one attached hydrogen (secondary N) is 1. The van der Waals surface area contributed by atoms with E-state index in [9.17, 15) is 4.79 Å². The topological polar surface area (TPSA) is 85.6 Å². The summed E-state index contributed by atoms with van der Waals surface area (Å²) >= 11 is 0. The molecule has 0 fully saturated rings. The van der Waals surface area contributed by atoms with Crippen LogP contribution >= 0.6 is 0 Å². The highest BCUT2D eigenvalue weighted by molar-refractivity contribution is 5.82. The Hall–Kier alpha value is -2.90. The van der Waals surface area contributed by atoms with Crippen molar-refractivity contribution < 1.29 is 19.5 Å². The third kappa shape index (κ3) is 3.96. The average molecular weight is 341 g/mol. The Morgan fingerprint density at radius 1 is 1.20 bits per heavy atom. The molecule has 0 radical (unpaired) electrons. The number of rotatable bonds is 7. The smallest absolute Gasteiger partial charge is 0.269 e. The van der Waals surface area contributed by atoms with E-state index in [1.54, 1.807) is 7.11 Å². The molecule has 2 aromatic carbocycles. The van der Waals surface area contributed by atoms with Crippen LogP contribution in [0.4, 0.5) is 0 Å². The van der Waals surface area contributed by atoms with Crippen LogP contribution in [0.1, 0.15) is 11.3 Å². The van der Waals surface area contributed by atoms with Gasteiger partial charge in [-0.15, -0.1) is 0 Å². The molecule has 0 saturated heterocycles. The molecule has 0 aliphatic carbocycles. The van der Waals surface area contributed by atoms with Crippen LogP contribution in [0.3, 0.4) is 0 Å². The number of para-hydroxylation sites is 1. The molecule has 1 heterocycles. The number of hydrogen-bond acceptors (Lipinski definition) is 5. The van der Waals surface area contributed by atoms with E-state index in [4.69, 9.17) is 14.7 Å². The van der Waals surface area contributed by atoms with Gasteiger partial charge < -0.3 is 9.47 Å². The fourth-order valence-corrected chi connectivity index (χ4v) is 2.60. The summed E-state index contributed by atoms with van der Waals surface area (Å²) in [6.07, 6.45) is 0. The quantitative estimate of drug-likeness (QED) is 0.508. The van der Waals surface area contributed by atoms with Gasteiger partial charge in [0.05, 0.1) is 31.5 Å². The summed E-state index contributed by atoms with van der Waals surface area (Å²) in [6.45, 7) is 0.571. The zero-order valence-electron chi connectivity index (χ0n) is 13.8. The molecule has 7 heteroatoms. The molecule has 2 N–H and O–H groups in total. The van der Waals surface area contributed by atoms with Crippen LogP contribution in [0.25, 0.3) is 10.9 Å². The van der Waals surface area contributed by atoms with E-state index in [0.29, 0.717) is 6.54 Å². The van der Waals surface area contributed by atoms with Gasteiger partial charge in [0.2, 0.25) is 0 Å². The predicted octanol–water partition coefficient (Wildman–Crippen LogP) is 2.12. The lowest BCUT2D eigenvalue weighted by molar-refractivity contribution is -0.134. The van der Waals surface area contributed by atoms with E-state index in [2.05, 4.69) is 5.10 Å². The Bertz CT molecular complexity index is 858. The average Bonchev–Trinajstić information content (AvgIpc) is 3.00. The molecule has 0 unspecified atom stereocenters.